The van der Waals surface area contributed by atoms with Crippen LogP contribution in [0.2, 0.25) is 0 Å². The summed E-state index contributed by atoms with van der Waals surface area (Å²) in [6.07, 6.45) is -0.185. The molecule has 0 amide bonds. The molecule has 1 aromatic rings. The van der Waals surface area contributed by atoms with Gasteiger partial charge in [-0.05, 0) is 13.0 Å². The Kier molecular flexibility index (Phi) is 4.81. The Morgan fingerprint density at radius 3 is 2.89 bits per heavy atom. The van der Waals surface area contributed by atoms with E-state index in [1.807, 2.05) is 0 Å². The molecular formula is C12H10FNO4. The second-order valence-electron chi connectivity index (χ2n) is 3.20. The third-order valence-electron chi connectivity index (χ3n) is 1.92. The third kappa shape index (κ3) is 3.87. The first-order valence-electron chi connectivity index (χ1n) is 5.13. The summed E-state index contributed by atoms with van der Waals surface area (Å²) >= 11 is 0. The number of esters is 1. The molecule has 0 atom stereocenters. The standard InChI is InChI=1S/C12H10FNO4/c1-2-18-12(15)5-3-4-9-8-10(14(16)17)6-7-11(9)13/h6-8H,2,5H2,1H3. The Morgan fingerprint density at radius 1 is 1.56 bits per heavy atom. The summed E-state index contributed by atoms with van der Waals surface area (Å²) in [5.41, 5.74) is -0.370. The molecule has 0 saturated heterocycles. The minimum Gasteiger partial charge on any atom is -0.465 e. The average molecular weight is 251 g/mol. The lowest BCUT2D eigenvalue weighted by Gasteiger charge is -1.96. The molecule has 0 bridgehead atoms. The van der Waals surface area contributed by atoms with Gasteiger partial charge in [0.25, 0.3) is 5.69 Å². The molecule has 0 unspecified atom stereocenters. The van der Waals surface area contributed by atoms with Gasteiger partial charge in [0.15, 0.2) is 0 Å². The van der Waals surface area contributed by atoms with Crippen molar-refractivity contribution in [2.75, 3.05) is 6.61 Å². The van der Waals surface area contributed by atoms with Crippen molar-refractivity contribution in [3.8, 4) is 11.8 Å². The molecule has 0 aliphatic rings. The van der Waals surface area contributed by atoms with Gasteiger partial charge in [0.05, 0.1) is 17.1 Å². The molecule has 0 aliphatic heterocycles. The van der Waals surface area contributed by atoms with E-state index in [2.05, 4.69) is 16.6 Å². The van der Waals surface area contributed by atoms with Crippen LogP contribution in [-0.4, -0.2) is 17.5 Å². The largest absolute Gasteiger partial charge is 0.465 e. The lowest BCUT2D eigenvalue weighted by atomic mass is 10.2. The molecule has 0 N–H and O–H groups in total. The molecule has 94 valence electrons. The summed E-state index contributed by atoms with van der Waals surface area (Å²) in [6, 6.07) is 3.03. The number of rotatable bonds is 3. The predicted octanol–water partition coefficient (Wildman–Crippen LogP) is 2.04. The van der Waals surface area contributed by atoms with Crippen molar-refractivity contribution in [1.29, 1.82) is 0 Å². The Hall–Kier alpha value is -2.42. The van der Waals surface area contributed by atoms with Crippen LogP contribution < -0.4 is 0 Å². The number of ether oxygens (including phenoxy) is 1. The number of nitrogens with zero attached hydrogens (tertiary/aromatic N) is 1. The highest BCUT2D eigenvalue weighted by atomic mass is 19.1. The molecule has 0 saturated carbocycles. The van der Waals surface area contributed by atoms with E-state index < -0.39 is 16.7 Å². The van der Waals surface area contributed by atoms with Gasteiger partial charge in [0.1, 0.15) is 12.2 Å². The average Bonchev–Trinajstić information content (AvgIpc) is 2.31. The van der Waals surface area contributed by atoms with Crippen LogP contribution in [0.15, 0.2) is 18.2 Å². The third-order valence-corrected chi connectivity index (χ3v) is 1.92. The van der Waals surface area contributed by atoms with Crippen molar-refractivity contribution in [2.45, 2.75) is 13.3 Å². The summed E-state index contributed by atoms with van der Waals surface area (Å²) in [5.74, 6) is 3.59. The number of carbonyl (C=O) groups excluding carboxylic acids is 1. The van der Waals surface area contributed by atoms with E-state index in [1.54, 1.807) is 6.92 Å². The van der Waals surface area contributed by atoms with Crippen molar-refractivity contribution >= 4 is 11.7 Å². The van der Waals surface area contributed by atoms with Crippen molar-refractivity contribution in [3.05, 3.63) is 39.7 Å². The maximum atomic E-state index is 13.3. The number of carbonyl (C=O) groups is 1. The highest BCUT2D eigenvalue weighted by molar-refractivity contribution is 5.72. The van der Waals surface area contributed by atoms with E-state index >= 15 is 0 Å². The monoisotopic (exact) mass is 251 g/mol. The summed E-state index contributed by atoms with van der Waals surface area (Å²) in [4.78, 5) is 20.8. The number of hydrogen-bond acceptors (Lipinski definition) is 4. The molecule has 0 spiro atoms. The van der Waals surface area contributed by atoms with Crippen LogP contribution in [-0.2, 0) is 9.53 Å². The van der Waals surface area contributed by atoms with E-state index in [-0.39, 0.29) is 24.3 Å². The molecule has 1 rings (SSSR count). The van der Waals surface area contributed by atoms with Crippen LogP contribution in [0.3, 0.4) is 0 Å². The highest BCUT2D eigenvalue weighted by Crippen LogP contribution is 2.15. The first kappa shape index (κ1) is 13.6. The van der Waals surface area contributed by atoms with Crippen LogP contribution in [0.5, 0.6) is 0 Å². The summed E-state index contributed by atoms with van der Waals surface area (Å²) < 4.78 is 17.9. The number of halogens is 1. The van der Waals surface area contributed by atoms with Crippen LogP contribution in [0.1, 0.15) is 18.9 Å². The second kappa shape index (κ2) is 6.35. The molecule has 5 nitrogen and oxygen atoms in total. The Bertz CT molecular complexity index is 531. The number of nitro benzene ring substituents is 1. The number of nitro groups is 1. The van der Waals surface area contributed by atoms with Gasteiger partial charge < -0.3 is 4.74 Å². The van der Waals surface area contributed by atoms with Crippen LogP contribution in [0.25, 0.3) is 0 Å². The van der Waals surface area contributed by atoms with Crippen molar-refractivity contribution in [2.24, 2.45) is 0 Å². The fraction of sp³-hybridized carbons (Fsp3) is 0.250. The van der Waals surface area contributed by atoms with E-state index in [4.69, 9.17) is 0 Å². The summed E-state index contributed by atoms with van der Waals surface area (Å²) in [5, 5.41) is 10.5. The van der Waals surface area contributed by atoms with Gasteiger partial charge in [-0.2, -0.15) is 0 Å². The van der Waals surface area contributed by atoms with E-state index in [0.29, 0.717) is 0 Å². The van der Waals surface area contributed by atoms with Crippen LogP contribution in [0, 0.1) is 27.8 Å². The molecular weight excluding hydrogens is 241 g/mol. The number of benzene rings is 1. The SMILES string of the molecule is CCOC(=O)CC#Cc1cc([N+](=O)[O-])ccc1F. The first-order chi connectivity index (χ1) is 8.54. The number of non-ortho nitro benzene ring substituents is 1. The smallest absolute Gasteiger partial charge is 0.317 e. The number of hydrogen-bond donors (Lipinski definition) is 0. The van der Waals surface area contributed by atoms with Gasteiger partial charge in [-0.1, -0.05) is 11.8 Å². The molecule has 0 aliphatic carbocycles. The van der Waals surface area contributed by atoms with Gasteiger partial charge in [0, 0.05) is 12.1 Å². The first-order valence-corrected chi connectivity index (χ1v) is 5.13. The molecule has 6 heteroatoms. The maximum Gasteiger partial charge on any atom is 0.317 e. The van der Waals surface area contributed by atoms with Gasteiger partial charge in [-0.25, -0.2) is 4.39 Å². The Balaban J connectivity index is 2.84. The van der Waals surface area contributed by atoms with Gasteiger partial charge >= 0.3 is 5.97 Å². The second-order valence-corrected chi connectivity index (χ2v) is 3.20. The molecule has 0 heterocycles. The fourth-order valence-corrected chi connectivity index (χ4v) is 1.15. The van der Waals surface area contributed by atoms with Crippen LogP contribution >= 0.6 is 0 Å². The fourth-order valence-electron chi connectivity index (χ4n) is 1.15. The highest BCUT2D eigenvalue weighted by Gasteiger charge is 2.09. The molecule has 0 aromatic heterocycles. The van der Waals surface area contributed by atoms with Crippen molar-refractivity contribution in [3.63, 3.8) is 0 Å². The van der Waals surface area contributed by atoms with E-state index in [1.165, 1.54) is 0 Å². The maximum absolute atomic E-state index is 13.3. The van der Waals surface area contributed by atoms with E-state index in [9.17, 15) is 19.3 Å². The minimum absolute atomic E-state index is 0.117. The quantitative estimate of drug-likeness (QED) is 0.357. The van der Waals surface area contributed by atoms with E-state index in [0.717, 1.165) is 18.2 Å². The van der Waals surface area contributed by atoms with Crippen molar-refractivity contribution in [1.82, 2.24) is 0 Å². The van der Waals surface area contributed by atoms with Crippen LogP contribution in [0.4, 0.5) is 10.1 Å². The zero-order valence-corrected chi connectivity index (χ0v) is 9.60. The van der Waals surface area contributed by atoms with Gasteiger partial charge in [-0.3, -0.25) is 14.9 Å². The molecule has 18 heavy (non-hydrogen) atoms. The molecule has 0 radical (unpaired) electrons. The minimum atomic E-state index is -0.669. The summed E-state index contributed by atoms with van der Waals surface area (Å²) in [7, 11) is 0. The zero-order valence-electron chi connectivity index (χ0n) is 9.60. The van der Waals surface area contributed by atoms with Gasteiger partial charge in [-0.15, -0.1) is 0 Å². The van der Waals surface area contributed by atoms with Gasteiger partial charge in [0.2, 0.25) is 0 Å². The predicted molar refractivity (Wildman–Crippen MR) is 61.2 cm³/mol. The normalized spacial score (nSPS) is 9.22. The zero-order chi connectivity index (χ0) is 13.5. The Morgan fingerprint density at radius 2 is 2.28 bits per heavy atom. The topological polar surface area (TPSA) is 69.4 Å². The lowest BCUT2D eigenvalue weighted by molar-refractivity contribution is -0.384. The molecule has 1 aromatic carbocycles. The summed E-state index contributed by atoms with van der Waals surface area (Å²) in [6.45, 7) is 1.90. The van der Waals surface area contributed by atoms with Crippen molar-refractivity contribution < 1.29 is 18.8 Å². The Labute approximate surface area is 103 Å². The molecule has 0 fully saturated rings. The lowest BCUT2D eigenvalue weighted by Crippen LogP contribution is -2.01.